The van der Waals surface area contributed by atoms with E-state index in [-0.39, 0.29) is 5.54 Å². The number of nitrogens with one attached hydrogen (secondary N) is 2. The molecule has 2 aromatic rings. The lowest BCUT2D eigenvalue weighted by atomic mass is 10.1. The van der Waals surface area contributed by atoms with Gasteiger partial charge in [-0.25, -0.2) is 4.98 Å². The lowest BCUT2D eigenvalue weighted by molar-refractivity contribution is 0.421. The van der Waals surface area contributed by atoms with Crippen molar-refractivity contribution in [3.8, 4) is 0 Å². The first kappa shape index (κ1) is 15.1. The van der Waals surface area contributed by atoms with Gasteiger partial charge in [-0.15, -0.1) is 11.8 Å². The van der Waals surface area contributed by atoms with Crippen LogP contribution in [0, 0.1) is 6.92 Å². The van der Waals surface area contributed by atoms with Crippen molar-refractivity contribution in [1.82, 2.24) is 15.3 Å². The third kappa shape index (κ3) is 5.02. The van der Waals surface area contributed by atoms with E-state index < -0.39 is 0 Å². The minimum absolute atomic E-state index is 0.127. The molecule has 1 aromatic heterocycles. The summed E-state index contributed by atoms with van der Waals surface area (Å²) < 4.78 is 0. The van der Waals surface area contributed by atoms with Gasteiger partial charge in [-0.1, -0.05) is 17.7 Å². The van der Waals surface area contributed by atoms with Crippen molar-refractivity contribution < 1.29 is 0 Å². The van der Waals surface area contributed by atoms with Gasteiger partial charge in [0.05, 0.1) is 5.75 Å². The van der Waals surface area contributed by atoms with Crippen LogP contribution in [0.3, 0.4) is 0 Å². The number of nitrogens with zero attached hydrogens (tertiary/aromatic N) is 1. The lowest BCUT2D eigenvalue weighted by Gasteiger charge is -2.19. The molecular formula is C16H23N3S. The number of aromatic nitrogens is 2. The third-order valence-corrected chi connectivity index (χ3v) is 3.86. The Morgan fingerprint density at radius 3 is 2.80 bits per heavy atom. The van der Waals surface area contributed by atoms with Crippen LogP contribution in [0.4, 0.5) is 0 Å². The molecule has 0 unspecified atom stereocenters. The Labute approximate surface area is 125 Å². The van der Waals surface area contributed by atoms with Crippen molar-refractivity contribution >= 4 is 11.8 Å². The van der Waals surface area contributed by atoms with Crippen LogP contribution in [0.2, 0.25) is 0 Å². The number of aryl methyl sites for hydroxylation is 1. The molecule has 0 fully saturated rings. The van der Waals surface area contributed by atoms with E-state index in [1.54, 1.807) is 0 Å². The van der Waals surface area contributed by atoms with E-state index in [0.717, 1.165) is 23.8 Å². The summed E-state index contributed by atoms with van der Waals surface area (Å²) in [6.45, 7) is 9.44. The summed E-state index contributed by atoms with van der Waals surface area (Å²) in [5.74, 6) is 1.90. The number of hydrogen-bond donors (Lipinski definition) is 2. The van der Waals surface area contributed by atoms with Crippen molar-refractivity contribution in [2.75, 3.05) is 0 Å². The monoisotopic (exact) mass is 289 g/mol. The second-order valence-electron chi connectivity index (χ2n) is 6.06. The minimum Gasteiger partial charge on any atom is -0.344 e. The smallest absolute Gasteiger partial charge is 0.116 e. The van der Waals surface area contributed by atoms with Gasteiger partial charge in [-0.05, 0) is 39.8 Å². The summed E-state index contributed by atoms with van der Waals surface area (Å²) in [6, 6.07) is 8.56. The Kier molecular flexibility index (Phi) is 4.89. The van der Waals surface area contributed by atoms with Gasteiger partial charge in [0, 0.05) is 28.9 Å². The maximum atomic E-state index is 4.44. The summed E-state index contributed by atoms with van der Waals surface area (Å²) in [6.07, 6.45) is 1.92. The van der Waals surface area contributed by atoms with E-state index in [1.165, 1.54) is 10.5 Å². The maximum absolute atomic E-state index is 4.44. The van der Waals surface area contributed by atoms with E-state index in [1.807, 2.05) is 18.0 Å². The zero-order chi connectivity index (χ0) is 14.6. The number of aromatic amines is 1. The average molecular weight is 289 g/mol. The van der Waals surface area contributed by atoms with Gasteiger partial charge >= 0.3 is 0 Å². The highest BCUT2D eigenvalue weighted by Crippen LogP contribution is 2.22. The number of imidazole rings is 1. The Morgan fingerprint density at radius 1 is 1.30 bits per heavy atom. The number of benzene rings is 1. The molecule has 3 nitrogen and oxygen atoms in total. The van der Waals surface area contributed by atoms with E-state index in [0.29, 0.717) is 0 Å². The zero-order valence-corrected chi connectivity index (χ0v) is 13.5. The zero-order valence-electron chi connectivity index (χ0n) is 12.7. The highest BCUT2D eigenvalue weighted by atomic mass is 32.2. The molecule has 1 aromatic carbocycles. The fourth-order valence-corrected chi connectivity index (χ4v) is 2.68. The molecular weight excluding hydrogens is 266 g/mol. The van der Waals surface area contributed by atoms with Crippen molar-refractivity contribution in [1.29, 1.82) is 0 Å². The van der Waals surface area contributed by atoms with Gasteiger partial charge in [-0.3, -0.25) is 0 Å². The van der Waals surface area contributed by atoms with Crippen LogP contribution in [-0.2, 0) is 12.3 Å². The van der Waals surface area contributed by atoms with E-state index in [2.05, 4.69) is 67.2 Å². The molecule has 0 aliphatic heterocycles. The first-order chi connectivity index (χ1) is 9.42. The topological polar surface area (TPSA) is 40.7 Å². The highest BCUT2D eigenvalue weighted by Gasteiger charge is 2.09. The van der Waals surface area contributed by atoms with Crippen molar-refractivity contribution in [3.63, 3.8) is 0 Å². The molecule has 1 heterocycles. The molecule has 4 heteroatoms. The van der Waals surface area contributed by atoms with Gasteiger partial charge in [-0.2, -0.15) is 0 Å². The fraction of sp³-hybridized carbons (Fsp3) is 0.438. The fourth-order valence-electron chi connectivity index (χ4n) is 1.79. The van der Waals surface area contributed by atoms with Gasteiger partial charge in [0.25, 0.3) is 0 Å². The molecule has 0 saturated carbocycles. The van der Waals surface area contributed by atoms with Crippen LogP contribution in [0.1, 0.15) is 37.9 Å². The van der Waals surface area contributed by atoms with Crippen molar-refractivity contribution in [2.45, 2.75) is 50.4 Å². The standard InChI is InChI=1S/C16H23N3S/c1-12-6-5-7-14(8-12)20-11-15-17-9-13(19-15)10-18-16(2,3)4/h5-9,18H,10-11H2,1-4H3,(H,17,19). The van der Waals surface area contributed by atoms with Gasteiger partial charge in [0.15, 0.2) is 0 Å². The highest BCUT2D eigenvalue weighted by molar-refractivity contribution is 7.98. The Balaban J connectivity index is 1.87. The van der Waals surface area contributed by atoms with Gasteiger partial charge < -0.3 is 10.3 Å². The molecule has 2 rings (SSSR count). The summed E-state index contributed by atoms with van der Waals surface area (Å²) in [5, 5.41) is 3.45. The first-order valence-electron chi connectivity index (χ1n) is 6.90. The summed E-state index contributed by atoms with van der Waals surface area (Å²) in [4.78, 5) is 9.10. The number of H-pyrrole nitrogens is 1. The van der Waals surface area contributed by atoms with E-state index in [4.69, 9.17) is 0 Å². The Morgan fingerprint density at radius 2 is 2.10 bits per heavy atom. The van der Waals surface area contributed by atoms with Gasteiger partial charge in [0.1, 0.15) is 5.82 Å². The van der Waals surface area contributed by atoms with Crippen molar-refractivity contribution in [2.24, 2.45) is 0 Å². The maximum Gasteiger partial charge on any atom is 0.116 e. The molecule has 0 atom stereocenters. The molecule has 2 N–H and O–H groups in total. The molecule has 0 saturated heterocycles. The largest absolute Gasteiger partial charge is 0.344 e. The lowest BCUT2D eigenvalue weighted by Crippen LogP contribution is -2.35. The minimum atomic E-state index is 0.127. The Hall–Kier alpha value is -1.26. The summed E-state index contributed by atoms with van der Waals surface area (Å²) >= 11 is 1.81. The second kappa shape index (κ2) is 6.46. The molecule has 0 bridgehead atoms. The number of rotatable bonds is 5. The quantitative estimate of drug-likeness (QED) is 0.820. The number of hydrogen-bond acceptors (Lipinski definition) is 3. The molecule has 0 radical (unpaired) electrons. The molecule has 20 heavy (non-hydrogen) atoms. The van der Waals surface area contributed by atoms with Crippen LogP contribution < -0.4 is 5.32 Å². The number of thioether (sulfide) groups is 1. The van der Waals surface area contributed by atoms with E-state index in [9.17, 15) is 0 Å². The van der Waals surface area contributed by atoms with Crippen LogP contribution >= 0.6 is 11.8 Å². The normalized spacial score (nSPS) is 11.8. The summed E-state index contributed by atoms with van der Waals surface area (Å²) in [5.41, 5.74) is 2.56. The van der Waals surface area contributed by atoms with E-state index >= 15 is 0 Å². The van der Waals surface area contributed by atoms with Crippen LogP contribution in [0.25, 0.3) is 0 Å². The first-order valence-corrected chi connectivity index (χ1v) is 7.88. The van der Waals surface area contributed by atoms with Gasteiger partial charge in [0.2, 0.25) is 0 Å². The van der Waals surface area contributed by atoms with Crippen LogP contribution in [0.5, 0.6) is 0 Å². The summed E-state index contributed by atoms with van der Waals surface area (Å²) in [7, 11) is 0. The predicted molar refractivity (Wildman–Crippen MR) is 85.9 cm³/mol. The van der Waals surface area contributed by atoms with Crippen LogP contribution in [-0.4, -0.2) is 15.5 Å². The molecule has 0 aliphatic rings. The molecule has 108 valence electrons. The second-order valence-corrected chi connectivity index (χ2v) is 7.11. The molecule has 0 amide bonds. The molecule has 0 aliphatic carbocycles. The van der Waals surface area contributed by atoms with Crippen molar-refractivity contribution in [3.05, 3.63) is 47.5 Å². The Bertz CT molecular complexity index is 555. The predicted octanol–water partition coefficient (Wildman–Crippen LogP) is 3.90. The van der Waals surface area contributed by atoms with Crippen LogP contribution in [0.15, 0.2) is 35.4 Å². The molecule has 0 spiro atoms. The average Bonchev–Trinajstić information content (AvgIpc) is 2.81. The SMILES string of the molecule is Cc1cccc(SCc2ncc(CNC(C)(C)C)[nH]2)c1. The third-order valence-electron chi connectivity index (χ3n) is 2.86.